The number of amides is 2. The molecular formula is C23H30N2O4. The number of methoxy groups -OCH3 is 1. The maximum absolute atomic E-state index is 12.6. The van der Waals surface area contributed by atoms with E-state index in [0.717, 1.165) is 5.56 Å². The Hall–Kier alpha value is -3.02. The van der Waals surface area contributed by atoms with Gasteiger partial charge in [0, 0.05) is 11.6 Å². The van der Waals surface area contributed by atoms with E-state index in [1.54, 1.807) is 19.2 Å². The highest BCUT2D eigenvalue weighted by atomic mass is 16.5. The molecular weight excluding hydrogens is 368 g/mol. The smallest absolute Gasteiger partial charge is 0.252 e. The van der Waals surface area contributed by atoms with Crippen LogP contribution in [0.5, 0.6) is 11.5 Å². The second kappa shape index (κ2) is 11.1. The number of hydrogen-bond acceptors (Lipinski definition) is 4. The van der Waals surface area contributed by atoms with Crippen molar-refractivity contribution >= 4 is 11.8 Å². The summed E-state index contributed by atoms with van der Waals surface area (Å²) in [6.07, 6.45) is 0.556. The lowest BCUT2D eigenvalue weighted by atomic mass is 10.0. The number of carbonyl (C=O) groups excluding carboxylic acids is 2. The van der Waals surface area contributed by atoms with Crippen LogP contribution in [0.2, 0.25) is 0 Å². The lowest BCUT2D eigenvalue weighted by molar-refractivity contribution is -0.123. The Bertz CT molecular complexity index is 820. The fourth-order valence-electron chi connectivity index (χ4n) is 2.92. The minimum Gasteiger partial charge on any atom is -0.497 e. The first-order valence-electron chi connectivity index (χ1n) is 9.81. The number of benzene rings is 2. The third kappa shape index (κ3) is 7.14. The predicted molar refractivity (Wildman–Crippen MR) is 113 cm³/mol. The molecule has 2 amide bonds. The number of aryl methyl sites for hydroxylation is 1. The number of hydrogen-bond donors (Lipinski definition) is 2. The molecule has 0 saturated carbocycles. The first kappa shape index (κ1) is 22.3. The normalized spacial score (nSPS) is 11.6. The molecule has 0 aromatic heterocycles. The van der Waals surface area contributed by atoms with Crippen LogP contribution in [0.25, 0.3) is 0 Å². The molecule has 2 N–H and O–H groups in total. The van der Waals surface area contributed by atoms with E-state index < -0.39 is 6.04 Å². The zero-order valence-corrected chi connectivity index (χ0v) is 17.5. The molecule has 0 heterocycles. The maximum Gasteiger partial charge on any atom is 0.252 e. The SMILES string of the molecule is COc1cccc(OCCNC(=O)C(CC(C)C)NC(=O)c2ccccc2C)c1. The van der Waals surface area contributed by atoms with Crippen LogP contribution in [0.15, 0.2) is 48.5 Å². The van der Waals surface area contributed by atoms with Crippen molar-refractivity contribution in [3.8, 4) is 11.5 Å². The molecule has 0 saturated heterocycles. The van der Waals surface area contributed by atoms with Gasteiger partial charge in [-0.25, -0.2) is 0 Å². The lowest BCUT2D eigenvalue weighted by Gasteiger charge is -2.21. The van der Waals surface area contributed by atoms with Gasteiger partial charge in [0.2, 0.25) is 5.91 Å². The Balaban J connectivity index is 1.89. The molecule has 156 valence electrons. The molecule has 0 spiro atoms. The van der Waals surface area contributed by atoms with Crippen LogP contribution < -0.4 is 20.1 Å². The maximum atomic E-state index is 12.6. The van der Waals surface area contributed by atoms with Crippen molar-refractivity contribution in [3.05, 3.63) is 59.7 Å². The quantitative estimate of drug-likeness (QED) is 0.602. The van der Waals surface area contributed by atoms with Crippen LogP contribution in [-0.4, -0.2) is 38.1 Å². The third-order valence-electron chi connectivity index (χ3n) is 4.43. The van der Waals surface area contributed by atoms with Gasteiger partial charge in [-0.1, -0.05) is 38.1 Å². The van der Waals surface area contributed by atoms with Crippen molar-refractivity contribution in [1.82, 2.24) is 10.6 Å². The van der Waals surface area contributed by atoms with Crippen LogP contribution in [0.4, 0.5) is 0 Å². The Morgan fingerprint density at radius 1 is 1.03 bits per heavy atom. The summed E-state index contributed by atoms with van der Waals surface area (Å²) in [5.41, 5.74) is 1.45. The Kier molecular flexibility index (Phi) is 8.52. The summed E-state index contributed by atoms with van der Waals surface area (Å²) in [4.78, 5) is 25.3. The largest absolute Gasteiger partial charge is 0.497 e. The van der Waals surface area contributed by atoms with E-state index in [1.165, 1.54) is 0 Å². The Morgan fingerprint density at radius 3 is 2.45 bits per heavy atom. The zero-order chi connectivity index (χ0) is 21.2. The topological polar surface area (TPSA) is 76.7 Å². The first-order valence-corrected chi connectivity index (χ1v) is 9.81. The molecule has 2 aromatic carbocycles. The van der Waals surface area contributed by atoms with Crippen molar-refractivity contribution < 1.29 is 19.1 Å². The summed E-state index contributed by atoms with van der Waals surface area (Å²) in [5.74, 6) is 1.19. The summed E-state index contributed by atoms with van der Waals surface area (Å²) in [5, 5.41) is 5.72. The summed E-state index contributed by atoms with van der Waals surface area (Å²) in [6, 6.07) is 14.0. The van der Waals surface area contributed by atoms with E-state index in [9.17, 15) is 9.59 Å². The first-order chi connectivity index (χ1) is 13.9. The van der Waals surface area contributed by atoms with Gasteiger partial charge in [-0.15, -0.1) is 0 Å². The molecule has 0 aliphatic rings. The van der Waals surface area contributed by atoms with Crippen LogP contribution in [0.3, 0.4) is 0 Å². The van der Waals surface area contributed by atoms with Crippen molar-refractivity contribution in [2.45, 2.75) is 33.2 Å². The van der Waals surface area contributed by atoms with Crippen LogP contribution >= 0.6 is 0 Å². The fraction of sp³-hybridized carbons (Fsp3) is 0.391. The Labute approximate surface area is 172 Å². The summed E-state index contributed by atoms with van der Waals surface area (Å²) < 4.78 is 10.8. The van der Waals surface area contributed by atoms with Gasteiger partial charge in [0.1, 0.15) is 24.1 Å². The highest BCUT2D eigenvalue weighted by molar-refractivity contribution is 5.98. The van der Waals surface area contributed by atoms with Gasteiger partial charge in [0.15, 0.2) is 0 Å². The molecule has 0 aliphatic heterocycles. The molecule has 0 radical (unpaired) electrons. The molecule has 2 rings (SSSR count). The van der Waals surface area contributed by atoms with Crippen molar-refractivity contribution in [3.63, 3.8) is 0 Å². The Morgan fingerprint density at radius 2 is 1.76 bits per heavy atom. The van der Waals surface area contributed by atoms with Crippen molar-refractivity contribution in [2.24, 2.45) is 5.92 Å². The van der Waals surface area contributed by atoms with Gasteiger partial charge >= 0.3 is 0 Å². The van der Waals surface area contributed by atoms with Gasteiger partial charge in [-0.2, -0.15) is 0 Å². The van der Waals surface area contributed by atoms with Crippen LogP contribution in [0, 0.1) is 12.8 Å². The average molecular weight is 399 g/mol. The number of nitrogens with one attached hydrogen (secondary N) is 2. The minimum atomic E-state index is -0.598. The molecule has 0 aliphatic carbocycles. The van der Waals surface area contributed by atoms with Gasteiger partial charge in [0.05, 0.1) is 13.7 Å². The number of rotatable bonds is 10. The molecule has 6 nitrogen and oxygen atoms in total. The van der Waals surface area contributed by atoms with Crippen molar-refractivity contribution in [1.29, 1.82) is 0 Å². The number of carbonyl (C=O) groups is 2. The summed E-state index contributed by atoms with van der Waals surface area (Å²) in [6.45, 7) is 6.57. The molecule has 1 unspecified atom stereocenters. The molecule has 6 heteroatoms. The van der Waals surface area contributed by atoms with Crippen LogP contribution in [-0.2, 0) is 4.79 Å². The average Bonchev–Trinajstić information content (AvgIpc) is 2.70. The van der Waals surface area contributed by atoms with E-state index >= 15 is 0 Å². The summed E-state index contributed by atoms with van der Waals surface area (Å²) in [7, 11) is 1.60. The molecule has 29 heavy (non-hydrogen) atoms. The highest BCUT2D eigenvalue weighted by Gasteiger charge is 2.22. The van der Waals surface area contributed by atoms with E-state index in [2.05, 4.69) is 10.6 Å². The minimum absolute atomic E-state index is 0.213. The lowest BCUT2D eigenvalue weighted by Crippen LogP contribution is -2.48. The number of ether oxygens (including phenoxy) is 2. The van der Waals surface area contributed by atoms with E-state index in [4.69, 9.17) is 9.47 Å². The van der Waals surface area contributed by atoms with Crippen molar-refractivity contribution in [2.75, 3.05) is 20.3 Å². The van der Waals surface area contributed by atoms with E-state index in [0.29, 0.717) is 36.6 Å². The zero-order valence-electron chi connectivity index (χ0n) is 17.5. The fourth-order valence-corrected chi connectivity index (χ4v) is 2.92. The highest BCUT2D eigenvalue weighted by Crippen LogP contribution is 2.18. The van der Waals surface area contributed by atoms with Gasteiger partial charge in [0.25, 0.3) is 5.91 Å². The molecule has 0 bridgehead atoms. The predicted octanol–water partition coefficient (Wildman–Crippen LogP) is 3.34. The molecule has 1 atom stereocenters. The monoisotopic (exact) mass is 398 g/mol. The van der Waals surface area contributed by atoms with Gasteiger partial charge < -0.3 is 20.1 Å². The van der Waals surface area contributed by atoms with E-state index in [-0.39, 0.29) is 17.7 Å². The third-order valence-corrected chi connectivity index (χ3v) is 4.43. The van der Waals surface area contributed by atoms with Crippen LogP contribution in [0.1, 0.15) is 36.2 Å². The molecule has 0 fully saturated rings. The summed E-state index contributed by atoms with van der Waals surface area (Å²) >= 11 is 0. The van der Waals surface area contributed by atoms with Gasteiger partial charge in [-0.05, 0) is 43.0 Å². The standard InChI is InChI=1S/C23H30N2O4/c1-16(2)14-21(25-22(26)20-11-6-5-8-17(20)3)23(27)24-12-13-29-19-10-7-9-18(15-19)28-4/h5-11,15-16,21H,12-14H2,1-4H3,(H,24,27)(H,25,26). The second-order valence-electron chi connectivity index (χ2n) is 7.29. The molecule has 2 aromatic rings. The second-order valence-corrected chi connectivity index (χ2v) is 7.29. The van der Waals surface area contributed by atoms with E-state index in [1.807, 2.05) is 57.2 Å². The van der Waals surface area contributed by atoms with Gasteiger partial charge in [-0.3, -0.25) is 9.59 Å².